The largest absolute Gasteiger partial charge is 0.481 e. The van der Waals surface area contributed by atoms with E-state index in [1.807, 2.05) is 25.7 Å². The van der Waals surface area contributed by atoms with Gasteiger partial charge in [0.1, 0.15) is 0 Å². The first-order valence-electron chi connectivity index (χ1n) is 6.58. The lowest BCUT2D eigenvalue weighted by atomic mass is 9.90. The van der Waals surface area contributed by atoms with Gasteiger partial charge in [0.2, 0.25) is 5.91 Å². The zero-order chi connectivity index (χ0) is 13.9. The molecule has 1 rings (SSSR count). The maximum absolute atomic E-state index is 12.0. The highest BCUT2D eigenvalue weighted by molar-refractivity contribution is 5.82. The summed E-state index contributed by atoms with van der Waals surface area (Å²) >= 11 is 0. The van der Waals surface area contributed by atoms with Gasteiger partial charge in [-0.1, -0.05) is 6.92 Å². The van der Waals surface area contributed by atoms with E-state index in [0.717, 1.165) is 6.42 Å². The molecule has 0 spiro atoms. The van der Waals surface area contributed by atoms with Crippen LogP contribution in [0.4, 0.5) is 0 Å². The van der Waals surface area contributed by atoms with Crippen molar-refractivity contribution in [1.29, 1.82) is 0 Å². The van der Waals surface area contributed by atoms with Crippen LogP contribution in [0, 0.1) is 5.41 Å². The molecule has 18 heavy (non-hydrogen) atoms. The molecular weight excluding hydrogens is 232 g/mol. The Bertz CT molecular complexity index is 332. The van der Waals surface area contributed by atoms with E-state index in [4.69, 9.17) is 5.11 Å². The number of nitrogens with zero attached hydrogens (tertiary/aromatic N) is 1. The van der Waals surface area contributed by atoms with Crippen LogP contribution in [0.1, 0.15) is 40.5 Å². The van der Waals surface area contributed by atoms with Crippen LogP contribution in [0.15, 0.2) is 0 Å². The van der Waals surface area contributed by atoms with Crippen LogP contribution in [-0.4, -0.2) is 47.1 Å². The quantitative estimate of drug-likeness (QED) is 0.772. The third kappa shape index (κ3) is 3.22. The second-order valence-electron chi connectivity index (χ2n) is 5.58. The molecule has 3 unspecified atom stereocenters. The Balaban J connectivity index is 2.57. The average Bonchev–Trinajstić information content (AvgIpc) is 2.72. The van der Waals surface area contributed by atoms with Crippen LogP contribution in [0.25, 0.3) is 0 Å². The fourth-order valence-electron chi connectivity index (χ4n) is 2.13. The molecule has 0 saturated carbocycles. The summed E-state index contributed by atoms with van der Waals surface area (Å²) in [4.78, 5) is 25.1. The number of carbonyl (C=O) groups excluding carboxylic acids is 1. The van der Waals surface area contributed by atoms with Gasteiger partial charge in [-0.05, 0) is 33.6 Å². The van der Waals surface area contributed by atoms with Gasteiger partial charge in [0, 0.05) is 19.1 Å². The van der Waals surface area contributed by atoms with Crippen LogP contribution >= 0.6 is 0 Å². The van der Waals surface area contributed by atoms with Gasteiger partial charge in [0.15, 0.2) is 0 Å². The van der Waals surface area contributed by atoms with Crippen molar-refractivity contribution >= 4 is 11.9 Å². The average molecular weight is 256 g/mol. The van der Waals surface area contributed by atoms with Crippen LogP contribution in [0.2, 0.25) is 0 Å². The lowest BCUT2D eigenvalue weighted by Crippen LogP contribution is -2.47. The summed E-state index contributed by atoms with van der Waals surface area (Å²) in [5, 5.41) is 12.1. The molecule has 1 amide bonds. The number of hydrogen-bond acceptors (Lipinski definition) is 3. The number of nitrogens with one attached hydrogen (secondary N) is 1. The van der Waals surface area contributed by atoms with Gasteiger partial charge >= 0.3 is 5.97 Å². The predicted octanol–water partition coefficient (Wildman–Crippen LogP) is 1.09. The van der Waals surface area contributed by atoms with Gasteiger partial charge in [-0.2, -0.15) is 0 Å². The van der Waals surface area contributed by atoms with E-state index in [1.54, 1.807) is 6.92 Å². The third-order valence-electron chi connectivity index (χ3n) is 3.95. The Labute approximate surface area is 109 Å². The number of amides is 1. The normalized spacial score (nSPS) is 27.8. The molecule has 1 aliphatic rings. The molecule has 1 fully saturated rings. The molecule has 0 aromatic heterocycles. The molecule has 1 aliphatic heterocycles. The Kier molecular flexibility index (Phi) is 4.73. The molecule has 1 heterocycles. The Morgan fingerprint density at radius 3 is 2.50 bits per heavy atom. The number of hydrogen-bond donors (Lipinski definition) is 2. The van der Waals surface area contributed by atoms with Gasteiger partial charge in [-0.25, -0.2) is 0 Å². The Hall–Kier alpha value is -1.10. The molecule has 2 N–H and O–H groups in total. The molecular formula is C13H24N2O3. The van der Waals surface area contributed by atoms with Gasteiger partial charge in [-0.15, -0.1) is 0 Å². The van der Waals surface area contributed by atoms with Gasteiger partial charge in [0.25, 0.3) is 0 Å². The zero-order valence-corrected chi connectivity index (χ0v) is 11.7. The monoisotopic (exact) mass is 256 g/mol. The molecule has 5 nitrogen and oxygen atoms in total. The van der Waals surface area contributed by atoms with E-state index in [0.29, 0.717) is 19.5 Å². The summed E-state index contributed by atoms with van der Waals surface area (Å²) in [6.45, 7) is 8.68. The molecule has 104 valence electrons. The zero-order valence-electron chi connectivity index (χ0n) is 11.7. The van der Waals surface area contributed by atoms with Crippen molar-refractivity contribution in [3.8, 4) is 0 Å². The molecule has 3 atom stereocenters. The fraction of sp³-hybridized carbons (Fsp3) is 0.846. The topological polar surface area (TPSA) is 69.6 Å². The van der Waals surface area contributed by atoms with E-state index >= 15 is 0 Å². The summed E-state index contributed by atoms with van der Waals surface area (Å²) in [5.41, 5.74) is -0.717. The first-order valence-corrected chi connectivity index (χ1v) is 6.58. The third-order valence-corrected chi connectivity index (χ3v) is 3.95. The molecule has 5 heteroatoms. The Morgan fingerprint density at radius 1 is 1.44 bits per heavy atom. The van der Waals surface area contributed by atoms with E-state index < -0.39 is 11.4 Å². The highest BCUT2D eigenvalue weighted by Gasteiger charge is 2.42. The minimum Gasteiger partial charge on any atom is -0.481 e. The highest BCUT2D eigenvalue weighted by Crippen LogP contribution is 2.31. The number of aliphatic carboxylic acids is 1. The lowest BCUT2D eigenvalue weighted by Gasteiger charge is -2.26. The number of likely N-dealkylation sites (tertiary alicyclic amines) is 1. The minimum absolute atomic E-state index is 0.0148. The number of carboxylic acids is 1. The molecule has 0 aromatic rings. The summed E-state index contributed by atoms with van der Waals surface area (Å²) in [6.07, 6.45) is 1.49. The van der Waals surface area contributed by atoms with Crippen LogP contribution < -0.4 is 5.32 Å². The van der Waals surface area contributed by atoms with Crippen molar-refractivity contribution in [2.75, 3.05) is 13.1 Å². The summed E-state index contributed by atoms with van der Waals surface area (Å²) < 4.78 is 0. The number of carbonyl (C=O) groups is 2. The van der Waals surface area contributed by atoms with Crippen molar-refractivity contribution in [3.63, 3.8) is 0 Å². The first-order chi connectivity index (χ1) is 8.30. The van der Waals surface area contributed by atoms with Crippen molar-refractivity contribution in [2.45, 2.75) is 52.6 Å². The second kappa shape index (κ2) is 5.69. The van der Waals surface area contributed by atoms with Crippen LogP contribution in [-0.2, 0) is 9.59 Å². The van der Waals surface area contributed by atoms with E-state index in [-0.39, 0.29) is 18.0 Å². The summed E-state index contributed by atoms with van der Waals surface area (Å²) in [7, 11) is 0. The summed E-state index contributed by atoms with van der Waals surface area (Å²) in [5.74, 6) is -0.793. The number of rotatable bonds is 5. The molecule has 0 aliphatic carbocycles. The van der Waals surface area contributed by atoms with Crippen LogP contribution in [0.5, 0.6) is 0 Å². The molecule has 0 aromatic carbocycles. The first kappa shape index (κ1) is 15.0. The second-order valence-corrected chi connectivity index (χ2v) is 5.58. The van der Waals surface area contributed by atoms with Crippen molar-refractivity contribution in [1.82, 2.24) is 10.2 Å². The molecule has 1 saturated heterocycles. The van der Waals surface area contributed by atoms with E-state index in [2.05, 4.69) is 5.32 Å². The smallest absolute Gasteiger partial charge is 0.310 e. The van der Waals surface area contributed by atoms with E-state index in [9.17, 15) is 9.59 Å². The SMILES string of the molecule is CCC(C)NC(=O)C(C)N1CCC(C)(C(=O)O)C1. The number of carboxylic acid groups (broad SMARTS) is 1. The predicted molar refractivity (Wildman–Crippen MR) is 69.3 cm³/mol. The molecule has 0 radical (unpaired) electrons. The molecule has 0 bridgehead atoms. The summed E-state index contributed by atoms with van der Waals surface area (Å²) in [6, 6.07) is -0.103. The van der Waals surface area contributed by atoms with E-state index in [1.165, 1.54) is 0 Å². The van der Waals surface area contributed by atoms with Gasteiger partial charge in [-0.3, -0.25) is 14.5 Å². The highest BCUT2D eigenvalue weighted by atomic mass is 16.4. The van der Waals surface area contributed by atoms with Gasteiger partial charge in [0.05, 0.1) is 11.5 Å². The minimum atomic E-state index is -0.778. The standard InChI is InChI=1S/C13H24N2O3/c1-5-9(2)14-11(16)10(3)15-7-6-13(4,8-15)12(17)18/h9-10H,5-8H2,1-4H3,(H,14,16)(H,17,18). The fourth-order valence-corrected chi connectivity index (χ4v) is 2.13. The van der Waals surface area contributed by atoms with Crippen molar-refractivity contribution < 1.29 is 14.7 Å². The lowest BCUT2D eigenvalue weighted by molar-refractivity contribution is -0.147. The van der Waals surface area contributed by atoms with Crippen molar-refractivity contribution in [2.24, 2.45) is 5.41 Å². The van der Waals surface area contributed by atoms with Gasteiger partial charge < -0.3 is 10.4 Å². The maximum atomic E-state index is 12.0. The van der Waals surface area contributed by atoms with Crippen LogP contribution in [0.3, 0.4) is 0 Å². The Morgan fingerprint density at radius 2 is 2.06 bits per heavy atom. The maximum Gasteiger partial charge on any atom is 0.310 e. The van der Waals surface area contributed by atoms with Crippen molar-refractivity contribution in [3.05, 3.63) is 0 Å².